The summed E-state index contributed by atoms with van der Waals surface area (Å²) < 4.78 is 5.06. The second-order valence-corrected chi connectivity index (χ2v) is 7.31. The highest BCUT2D eigenvalue weighted by Crippen LogP contribution is 2.21. The third-order valence-electron chi connectivity index (χ3n) is 5.16. The van der Waals surface area contributed by atoms with E-state index >= 15 is 0 Å². The number of nitrogens with zero attached hydrogens (tertiary/aromatic N) is 1. The van der Waals surface area contributed by atoms with E-state index in [0.29, 0.717) is 16.6 Å². The molecule has 0 aliphatic carbocycles. The van der Waals surface area contributed by atoms with Crippen molar-refractivity contribution in [1.82, 2.24) is 4.98 Å². The molecule has 0 bridgehead atoms. The predicted molar refractivity (Wildman–Crippen MR) is 116 cm³/mol. The Morgan fingerprint density at radius 2 is 1.73 bits per heavy atom. The monoisotopic (exact) mass is 405 g/mol. The lowest BCUT2D eigenvalue weighted by Crippen LogP contribution is -2.29. The van der Waals surface area contributed by atoms with Gasteiger partial charge in [0.05, 0.1) is 0 Å². The summed E-state index contributed by atoms with van der Waals surface area (Å²) in [6.07, 6.45) is 3.68. The molecule has 2 N–H and O–H groups in total. The molecule has 2 heterocycles. The molecule has 1 aliphatic rings. The van der Waals surface area contributed by atoms with Gasteiger partial charge >= 0.3 is 5.97 Å². The number of rotatable bonds is 5. The molecule has 7 heteroatoms. The number of ether oxygens (including phenoxy) is 1. The van der Waals surface area contributed by atoms with Crippen LogP contribution in [0.15, 0.2) is 59.4 Å². The summed E-state index contributed by atoms with van der Waals surface area (Å²) in [6.45, 7) is 1.67. The first-order valence-corrected chi connectivity index (χ1v) is 10.0. The molecule has 0 radical (unpaired) electrons. The minimum absolute atomic E-state index is 0.0115. The van der Waals surface area contributed by atoms with Crippen LogP contribution in [0.3, 0.4) is 0 Å². The van der Waals surface area contributed by atoms with Gasteiger partial charge < -0.3 is 19.9 Å². The number of amides is 1. The number of carbonyl (C=O) groups is 2. The van der Waals surface area contributed by atoms with E-state index in [1.54, 1.807) is 24.3 Å². The van der Waals surface area contributed by atoms with E-state index in [2.05, 4.69) is 15.2 Å². The Morgan fingerprint density at radius 1 is 1.00 bits per heavy atom. The third kappa shape index (κ3) is 4.51. The van der Waals surface area contributed by atoms with Crippen molar-refractivity contribution >= 4 is 34.2 Å². The second kappa shape index (κ2) is 8.82. The van der Waals surface area contributed by atoms with E-state index in [-0.39, 0.29) is 11.1 Å². The highest BCUT2D eigenvalue weighted by atomic mass is 16.5. The van der Waals surface area contributed by atoms with Gasteiger partial charge in [0.2, 0.25) is 0 Å². The van der Waals surface area contributed by atoms with Crippen molar-refractivity contribution in [1.29, 1.82) is 0 Å². The van der Waals surface area contributed by atoms with Crippen LogP contribution in [0, 0.1) is 0 Å². The maximum Gasteiger partial charge on any atom is 0.355 e. The van der Waals surface area contributed by atoms with Gasteiger partial charge in [-0.2, -0.15) is 0 Å². The quantitative estimate of drug-likeness (QED) is 0.636. The van der Waals surface area contributed by atoms with Crippen LogP contribution in [0.25, 0.3) is 10.9 Å². The molecule has 0 spiro atoms. The van der Waals surface area contributed by atoms with Gasteiger partial charge in [-0.1, -0.05) is 12.1 Å². The number of benzene rings is 2. The number of aromatic amines is 1. The minimum Gasteiger partial charge on any atom is -0.451 e. The molecule has 1 saturated heterocycles. The van der Waals surface area contributed by atoms with Crippen molar-refractivity contribution in [2.75, 3.05) is 29.9 Å². The van der Waals surface area contributed by atoms with Gasteiger partial charge in [0.15, 0.2) is 12.0 Å². The number of carbonyl (C=O) groups excluding carboxylic acids is 2. The molecular formula is C23H23N3O4. The largest absolute Gasteiger partial charge is 0.451 e. The van der Waals surface area contributed by atoms with Crippen LogP contribution in [-0.2, 0) is 9.53 Å². The van der Waals surface area contributed by atoms with Crippen LogP contribution < -0.4 is 15.6 Å². The van der Waals surface area contributed by atoms with Gasteiger partial charge in [0.25, 0.3) is 5.91 Å². The lowest BCUT2D eigenvalue weighted by molar-refractivity contribution is -0.119. The van der Waals surface area contributed by atoms with Gasteiger partial charge in [-0.05, 0) is 55.7 Å². The van der Waals surface area contributed by atoms with E-state index in [4.69, 9.17) is 4.74 Å². The van der Waals surface area contributed by atoms with Crippen molar-refractivity contribution in [2.45, 2.75) is 19.3 Å². The van der Waals surface area contributed by atoms with Crippen molar-refractivity contribution in [3.63, 3.8) is 0 Å². The van der Waals surface area contributed by atoms with Gasteiger partial charge in [-0.25, -0.2) is 4.79 Å². The van der Waals surface area contributed by atoms with Crippen molar-refractivity contribution in [3.05, 3.63) is 70.5 Å². The van der Waals surface area contributed by atoms with Gasteiger partial charge in [-0.3, -0.25) is 9.59 Å². The van der Waals surface area contributed by atoms with Crippen molar-refractivity contribution in [3.8, 4) is 0 Å². The zero-order valence-corrected chi connectivity index (χ0v) is 16.5. The van der Waals surface area contributed by atoms with Gasteiger partial charge in [0.1, 0.15) is 5.69 Å². The molecule has 0 atom stereocenters. The minimum atomic E-state index is -0.756. The summed E-state index contributed by atoms with van der Waals surface area (Å²) in [5.41, 5.74) is 2.04. The van der Waals surface area contributed by atoms with Crippen LogP contribution in [-0.4, -0.2) is 36.6 Å². The average Bonchev–Trinajstić information content (AvgIpc) is 2.78. The fourth-order valence-electron chi connectivity index (χ4n) is 3.62. The summed E-state index contributed by atoms with van der Waals surface area (Å²) in [4.78, 5) is 41.7. The number of pyridine rings is 1. The molecule has 4 rings (SSSR count). The molecule has 1 aliphatic heterocycles. The average molecular weight is 405 g/mol. The van der Waals surface area contributed by atoms with E-state index in [9.17, 15) is 14.4 Å². The van der Waals surface area contributed by atoms with Crippen LogP contribution in [0.4, 0.5) is 11.4 Å². The van der Waals surface area contributed by atoms with Crippen LogP contribution in [0.5, 0.6) is 0 Å². The van der Waals surface area contributed by atoms with Gasteiger partial charge in [0, 0.05) is 41.4 Å². The van der Waals surface area contributed by atoms with E-state index < -0.39 is 18.5 Å². The summed E-state index contributed by atoms with van der Waals surface area (Å²) >= 11 is 0. The molecule has 1 fully saturated rings. The summed E-state index contributed by atoms with van der Waals surface area (Å²) in [5, 5.41) is 3.20. The van der Waals surface area contributed by atoms with E-state index in [1.165, 1.54) is 25.3 Å². The fourth-order valence-corrected chi connectivity index (χ4v) is 3.62. The second-order valence-electron chi connectivity index (χ2n) is 7.31. The number of hydrogen-bond donors (Lipinski definition) is 2. The van der Waals surface area contributed by atoms with Crippen LogP contribution >= 0.6 is 0 Å². The predicted octanol–water partition coefficient (Wildman–Crippen LogP) is 3.31. The molecule has 0 unspecified atom stereocenters. The fraction of sp³-hybridized carbons (Fsp3) is 0.261. The maximum absolute atomic E-state index is 12.2. The lowest BCUT2D eigenvalue weighted by atomic mass is 10.1. The zero-order chi connectivity index (χ0) is 20.9. The van der Waals surface area contributed by atoms with Gasteiger partial charge in [-0.15, -0.1) is 0 Å². The topological polar surface area (TPSA) is 91.5 Å². The van der Waals surface area contributed by atoms with Crippen molar-refractivity contribution < 1.29 is 14.3 Å². The van der Waals surface area contributed by atoms with Crippen LogP contribution in [0.1, 0.15) is 29.8 Å². The molecule has 2 aromatic carbocycles. The van der Waals surface area contributed by atoms with Crippen molar-refractivity contribution in [2.24, 2.45) is 0 Å². The zero-order valence-electron chi connectivity index (χ0n) is 16.5. The number of anilines is 2. The highest BCUT2D eigenvalue weighted by molar-refractivity contribution is 5.95. The van der Waals surface area contributed by atoms with Crippen LogP contribution in [0.2, 0.25) is 0 Å². The maximum atomic E-state index is 12.2. The first-order chi connectivity index (χ1) is 14.6. The number of H-pyrrole nitrogens is 1. The number of esters is 1. The Morgan fingerprint density at radius 3 is 2.50 bits per heavy atom. The summed E-state index contributed by atoms with van der Waals surface area (Å²) in [6, 6.07) is 15.7. The molecule has 7 nitrogen and oxygen atoms in total. The number of piperidine rings is 1. The lowest BCUT2D eigenvalue weighted by Gasteiger charge is -2.28. The Bertz CT molecular complexity index is 1120. The Labute approximate surface area is 173 Å². The summed E-state index contributed by atoms with van der Waals surface area (Å²) in [5.74, 6) is -1.20. The molecule has 30 heavy (non-hydrogen) atoms. The first kappa shape index (κ1) is 19.7. The third-order valence-corrected chi connectivity index (χ3v) is 5.16. The van der Waals surface area contributed by atoms with E-state index in [1.807, 2.05) is 24.3 Å². The molecule has 3 aromatic rings. The Balaban J connectivity index is 1.33. The standard InChI is InChI=1S/C23H23N3O4/c27-21-14-20(25-19-7-3-2-6-18(19)21)23(29)30-15-22(28)24-16-8-10-17(11-9-16)26-12-4-1-5-13-26/h2-3,6-11,14H,1,4-5,12-13,15H2,(H,24,28)(H,25,27). The SMILES string of the molecule is O=C(COC(=O)c1cc(=O)c2ccccc2[nH]1)Nc1ccc(N2CCCCC2)cc1. The normalized spacial score (nSPS) is 13.8. The number of nitrogens with one attached hydrogen (secondary N) is 2. The molecule has 1 amide bonds. The van der Waals surface area contributed by atoms with E-state index in [0.717, 1.165) is 18.8 Å². The number of aromatic nitrogens is 1. The summed E-state index contributed by atoms with van der Waals surface area (Å²) in [7, 11) is 0. The smallest absolute Gasteiger partial charge is 0.355 e. The Hall–Kier alpha value is -3.61. The first-order valence-electron chi connectivity index (χ1n) is 10.0. The molecule has 154 valence electrons. The Kier molecular flexibility index (Phi) is 5.79. The molecule has 0 saturated carbocycles. The number of para-hydroxylation sites is 1. The number of fused-ring (bicyclic) bond motifs is 1. The molecule has 1 aromatic heterocycles. The number of hydrogen-bond acceptors (Lipinski definition) is 5. The molecular weight excluding hydrogens is 382 g/mol. The highest BCUT2D eigenvalue weighted by Gasteiger charge is 2.14.